The lowest BCUT2D eigenvalue weighted by Gasteiger charge is -2.34. The molecule has 6 heteroatoms. The van der Waals surface area contributed by atoms with Crippen molar-refractivity contribution in [2.24, 2.45) is 0 Å². The molecule has 0 aliphatic carbocycles. The van der Waals surface area contributed by atoms with E-state index in [-0.39, 0.29) is 17.9 Å². The fourth-order valence-electron chi connectivity index (χ4n) is 4.00. The van der Waals surface area contributed by atoms with Crippen molar-refractivity contribution in [3.05, 3.63) is 30.1 Å². The van der Waals surface area contributed by atoms with Gasteiger partial charge in [0.15, 0.2) is 0 Å². The number of nitrogens with zero attached hydrogens (tertiary/aromatic N) is 3. The van der Waals surface area contributed by atoms with Gasteiger partial charge in [-0.3, -0.25) is 19.5 Å². The molecule has 3 heterocycles. The number of amides is 2. The first kappa shape index (κ1) is 16.9. The van der Waals surface area contributed by atoms with Gasteiger partial charge in [0.1, 0.15) is 0 Å². The van der Waals surface area contributed by atoms with Gasteiger partial charge in [0.25, 0.3) is 0 Å². The summed E-state index contributed by atoms with van der Waals surface area (Å²) in [6.45, 7) is 4.30. The molecule has 2 aliphatic rings. The second-order valence-corrected chi connectivity index (χ2v) is 6.70. The fraction of sp³-hybridized carbons (Fsp3) is 0.611. The Morgan fingerprint density at radius 3 is 2.75 bits per heavy atom. The number of hydrogen-bond donors (Lipinski definition) is 1. The fourth-order valence-corrected chi connectivity index (χ4v) is 4.00. The number of nitrogens with one attached hydrogen (secondary N) is 1. The van der Waals surface area contributed by atoms with Crippen LogP contribution in [0.3, 0.4) is 0 Å². The van der Waals surface area contributed by atoms with Crippen LogP contribution in [0.25, 0.3) is 0 Å². The molecule has 6 nitrogen and oxygen atoms in total. The summed E-state index contributed by atoms with van der Waals surface area (Å²) in [7, 11) is 0. The minimum absolute atomic E-state index is 0.0277. The van der Waals surface area contributed by atoms with Crippen molar-refractivity contribution in [1.29, 1.82) is 0 Å². The van der Waals surface area contributed by atoms with Crippen molar-refractivity contribution in [3.63, 3.8) is 0 Å². The molecule has 2 fully saturated rings. The van der Waals surface area contributed by atoms with Gasteiger partial charge in [-0.2, -0.15) is 0 Å². The van der Waals surface area contributed by atoms with E-state index in [4.69, 9.17) is 0 Å². The molecule has 0 aromatic carbocycles. The van der Waals surface area contributed by atoms with Gasteiger partial charge in [-0.05, 0) is 44.4 Å². The number of aromatic nitrogens is 1. The number of carbonyl (C=O) groups excluding carboxylic acids is 2. The summed E-state index contributed by atoms with van der Waals surface area (Å²) in [4.78, 5) is 32.6. The van der Waals surface area contributed by atoms with E-state index in [0.717, 1.165) is 44.5 Å². The van der Waals surface area contributed by atoms with E-state index in [1.165, 1.54) is 0 Å². The zero-order chi connectivity index (χ0) is 16.9. The molecule has 2 saturated heterocycles. The van der Waals surface area contributed by atoms with Gasteiger partial charge in [-0.1, -0.05) is 6.07 Å². The normalized spacial score (nSPS) is 24.3. The van der Waals surface area contributed by atoms with Crippen LogP contribution in [0.5, 0.6) is 0 Å². The highest BCUT2D eigenvalue weighted by atomic mass is 16.2. The van der Waals surface area contributed by atoms with Gasteiger partial charge in [0.2, 0.25) is 11.8 Å². The number of hydrogen-bond acceptors (Lipinski definition) is 4. The predicted molar refractivity (Wildman–Crippen MR) is 91.1 cm³/mol. The number of rotatable bonds is 5. The lowest BCUT2D eigenvalue weighted by molar-refractivity contribution is -0.130. The largest absolute Gasteiger partial charge is 0.349 e. The minimum atomic E-state index is 0.0277. The van der Waals surface area contributed by atoms with Gasteiger partial charge >= 0.3 is 0 Å². The smallest absolute Gasteiger partial charge is 0.234 e. The van der Waals surface area contributed by atoms with Gasteiger partial charge in [-0.15, -0.1) is 0 Å². The minimum Gasteiger partial charge on any atom is -0.349 e. The monoisotopic (exact) mass is 330 g/mol. The standard InChI is InChI=1S/C18H26N4O2/c1-14(23)22-11-5-8-17(22)16-7-4-10-21(16)13-18(24)20-12-15-6-2-3-9-19-15/h2-3,6,9,16-17H,4-5,7-8,10-13H2,1H3,(H,20,24). The first-order valence-electron chi connectivity index (χ1n) is 8.83. The molecule has 24 heavy (non-hydrogen) atoms. The quantitative estimate of drug-likeness (QED) is 0.880. The van der Waals surface area contributed by atoms with Crippen molar-refractivity contribution in [2.75, 3.05) is 19.6 Å². The van der Waals surface area contributed by atoms with Crippen LogP contribution in [0.2, 0.25) is 0 Å². The average molecular weight is 330 g/mol. The third-order valence-electron chi connectivity index (χ3n) is 5.10. The maximum atomic E-state index is 12.3. The van der Waals surface area contributed by atoms with Crippen molar-refractivity contribution in [3.8, 4) is 0 Å². The third-order valence-corrected chi connectivity index (χ3v) is 5.10. The highest BCUT2D eigenvalue weighted by Gasteiger charge is 2.39. The van der Waals surface area contributed by atoms with Crippen LogP contribution in [-0.2, 0) is 16.1 Å². The summed E-state index contributed by atoms with van der Waals surface area (Å²) in [5.74, 6) is 0.184. The van der Waals surface area contributed by atoms with Gasteiger partial charge in [0, 0.05) is 31.7 Å². The zero-order valence-electron chi connectivity index (χ0n) is 14.3. The van der Waals surface area contributed by atoms with Crippen LogP contribution in [0.15, 0.2) is 24.4 Å². The molecule has 130 valence electrons. The number of likely N-dealkylation sites (tertiary alicyclic amines) is 2. The lowest BCUT2D eigenvalue weighted by Crippen LogP contribution is -2.50. The van der Waals surface area contributed by atoms with Gasteiger partial charge in [-0.25, -0.2) is 0 Å². The molecule has 3 rings (SSSR count). The van der Waals surface area contributed by atoms with Crippen LogP contribution < -0.4 is 5.32 Å². The highest BCUT2D eigenvalue weighted by Crippen LogP contribution is 2.29. The Bertz CT molecular complexity index is 578. The Morgan fingerprint density at radius 2 is 2.00 bits per heavy atom. The third kappa shape index (κ3) is 3.93. The Morgan fingerprint density at radius 1 is 1.21 bits per heavy atom. The average Bonchev–Trinajstić information content (AvgIpc) is 3.22. The summed E-state index contributed by atoms with van der Waals surface area (Å²) in [5.41, 5.74) is 0.863. The Kier molecular flexibility index (Phi) is 5.45. The molecule has 2 atom stereocenters. The molecule has 0 saturated carbocycles. The van der Waals surface area contributed by atoms with E-state index in [1.54, 1.807) is 13.1 Å². The van der Waals surface area contributed by atoms with Gasteiger partial charge in [0.05, 0.1) is 18.8 Å². The highest BCUT2D eigenvalue weighted by molar-refractivity contribution is 5.78. The van der Waals surface area contributed by atoms with Crippen LogP contribution in [-0.4, -0.2) is 58.3 Å². The van der Waals surface area contributed by atoms with Crippen LogP contribution >= 0.6 is 0 Å². The second kappa shape index (κ2) is 7.75. The molecule has 2 amide bonds. The van der Waals surface area contributed by atoms with Crippen LogP contribution in [0, 0.1) is 0 Å². The molecule has 2 unspecified atom stereocenters. The van der Waals surface area contributed by atoms with E-state index in [1.807, 2.05) is 23.1 Å². The maximum absolute atomic E-state index is 12.3. The molecule has 1 aromatic heterocycles. The lowest BCUT2D eigenvalue weighted by atomic mass is 10.0. The summed E-state index contributed by atoms with van der Waals surface area (Å²) in [5, 5.41) is 2.95. The number of carbonyl (C=O) groups is 2. The molecule has 1 N–H and O–H groups in total. The first-order valence-corrected chi connectivity index (χ1v) is 8.83. The number of pyridine rings is 1. The topological polar surface area (TPSA) is 65.5 Å². The van der Waals surface area contributed by atoms with E-state index >= 15 is 0 Å². The molecule has 0 spiro atoms. The van der Waals surface area contributed by atoms with Crippen molar-refractivity contribution >= 4 is 11.8 Å². The summed E-state index contributed by atoms with van der Waals surface area (Å²) >= 11 is 0. The summed E-state index contributed by atoms with van der Waals surface area (Å²) in [6, 6.07) is 6.28. The predicted octanol–water partition coefficient (Wildman–Crippen LogP) is 1.17. The van der Waals surface area contributed by atoms with Crippen molar-refractivity contribution in [2.45, 2.75) is 51.2 Å². The molecule has 0 radical (unpaired) electrons. The Labute approximate surface area is 143 Å². The molecular formula is C18H26N4O2. The van der Waals surface area contributed by atoms with E-state index in [0.29, 0.717) is 19.1 Å². The second-order valence-electron chi connectivity index (χ2n) is 6.70. The Hall–Kier alpha value is -1.95. The van der Waals surface area contributed by atoms with E-state index in [2.05, 4.69) is 15.2 Å². The first-order chi connectivity index (χ1) is 11.6. The summed E-state index contributed by atoms with van der Waals surface area (Å²) < 4.78 is 0. The van der Waals surface area contributed by atoms with Crippen LogP contribution in [0.4, 0.5) is 0 Å². The molecular weight excluding hydrogens is 304 g/mol. The SMILES string of the molecule is CC(=O)N1CCCC1C1CCCN1CC(=O)NCc1ccccn1. The van der Waals surface area contributed by atoms with Crippen LogP contribution in [0.1, 0.15) is 38.3 Å². The van der Waals surface area contributed by atoms with E-state index in [9.17, 15) is 9.59 Å². The maximum Gasteiger partial charge on any atom is 0.234 e. The Balaban J connectivity index is 1.54. The summed E-state index contributed by atoms with van der Waals surface area (Å²) in [6.07, 6.45) is 6.02. The molecule has 0 bridgehead atoms. The van der Waals surface area contributed by atoms with Gasteiger partial charge < -0.3 is 10.2 Å². The van der Waals surface area contributed by atoms with Crippen molar-refractivity contribution < 1.29 is 9.59 Å². The molecule has 1 aromatic rings. The zero-order valence-corrected chi connectivity index (χ0v) is 14.3. The van der Waals surface area contributed by atoms with E-state index < -0.39 is 0 Å². The van der Waals surface area contributed by atoms with Crippen molar-refractivity contribution in [1.82, 2.24) is 20.1 Å². The molecule has 2 aliphatic heterocycles.